The molecule has 1 aromatic rings. The summed E-state index contributed by atoms with van der Waals surface area (Å²) in [5.41, 5.74) is 2.99. The van der Waals surface area contributed by atoms with E-state index in [-0.39, 0.29) is 11.1 Å². The summed E-state index contributed by atoms with van der Waals surface area (Å²) in [6.45, 7) is 1.47. The van der Waals surface area contributed by atoms with Gasteiger partial charge in [0.25, 0.3) is 0 Å². The maximum Gasteiger partial charge on any atom is 0.147 e. The van der Waals surface area contributed by atoms with E-state index < -0.39 is 5.82 Å². The van der Waals surface area contributed by atoms with Crippen molar-refractivity contribution in [2.75, 3.05) is 26.9 Å². The highest BCUT2D eigenvalue weighted by atomic mass is 79.9. The minimum atomic E-state index is -0.476. The molecule has 0 saturated carbocycles. The van der Waals surface area contributed by atoms with Crippen LogP contribution in [0.5, 0.6) is 0 Å². The Morgan fingerprint density at radius 3 is 2.79 bits per heavy atom. The molecule has 1 atom stereocenters. The highest BCUT2D eigenvalue weighted by Crippen LogP contribution is 2.31. The number of hydrogen-bond acceptors (Lipinski definition) is 4. The Balaban J connectivity index is 2.62. The maximum absolute atomic E-state index is 14.0. The van der Waals surface area contributed by atoms with Gasteiger partial charge in [-0.05, 0) is 28.4 Å². The van der Waals surface area contributed by atoms with Crippen molar-refractivity contribution in [3.8, 4) is 0 Å². The molecule has 3 N–H and O–H groups in total. The van der Waals surface area contributed by atoms with Crippen molar-refractivity contribution in [3.05, 3.63) is 33.0 Å². The van der Waals surface area contributed by atoms with Gasteiger partial charge in [0.05, 0.1) is 24.3 Å². The number of benzene rings is 1. The molecular weight excluding hydrogens is 338 g/mol. The number of halogens is 3. The lowest BCUT2D eigenvalue weighted by molar-refractivity contribution is 0.0656. The third-order valence-corrected chi connectivity index (χ3v) is 3.88. The van der Waals surface area contributed by atoms with E-state index in [1.54, 1.807) is 19.2 Å². The number of rotatable bonds is 8. The van der Waals surface area contributed by atoms with Gasteiger partial charge in [-0.3, -0.25) is 11.3 Å². The summed E-state index contributed by atoms with van der Waals surface area (Å²) < 4.78 is 24.7. The van der Waals surface area contributed by atoms with Crippen LogP contribution in [0.25, 0.3) is 0 Å². The monoisotopic (exact) mass is 354 g/mol. The summed E-state index contributed by atoms with van der Waals surface area (Å²) in [6.07, 6.45) is 0.537. The van der Waals surface area contributed by atoms with Crippen LogP contribution in [0.1, 0.15) is 18.0 Å². The quantitative estimate of drug-likeness (QED) is 0.326. The number of nitrogens with two attached hydrogens (primary N) is 1. The smallest absolute Gasteiger partial charge is 0.147 e. The van der Waals surface area contributed by atoms with Crippen LogP contribution in [0.3, 0.4) is 0 Å². The van der Waals surface area contributed by atoms with Crippen molar-refractivity contribution in [2.24, 2.45) is 5.84 Å². The molecule has 0 radical (unpaired) electrons. The normalized spacial score (nSPS) is 12.7. The minimum Gasteiger partial charge on any atom is -0.382 e. The molecule has 1 aromatic carbocycles. The minimum absolute atomic E-state index is 0.0538. The fourth-order valence-electron chi connectivity index (χ4n) is 1.58. The third kappa shape index (κ3) is 4.98. The van der Waals surface area contributed by atoms with Gasteiger partial charge in [-0.2, -0.15) is 0 Å². The van der Waals surface area contributed by atoms with Gasteiger partial charge in [0, 0.05) is 23.8 Å². The van der Waals surface area contributed by atoms with Crippen molar-refractivity contribution in [3.63, 3.8) is 0 Å². The van der Waals surface area contributed by atoms with Crippen molar-refractivity contribution < 1.29 is 13.9 Å². The molecular formula is C12H17BrClFN2O2. The zero-order chi connectivity index (χ0) is 14.3. The first-order valence-corrected chi connectivity index (χ1v) is 6.95. The molecule has 0 spiro atoms. The summed E-state index contributed by atoms with van der Waals surface area (Å²) in [6, 6.07) is 2.98. The van der Waals surface area contributed by atoms with Crippen molar-refractivity contribution in [1.29, 1.82) is 0 Å². The van der Waals surface area contributed by atoms with Gasteiger partial charge in [0.2, 0.25) is 0 Å². The zero-order valence-corrected chi connectivity index (χ0v) is 12.9. The second kappa shape index (κ2) is 8.84. The summed E-state index contributed by atoms with van der Waals surface area (Å²) in [5, 5.41) is 0.0538. The first-order chi connectivity index (χ1) is 9.11. The van der Waals surface area contributed by atoms with Crippen LogP contribution in [0.2, 0.25) is 5.02 Å². The predicted molar refractivity (Wildman–Crippen MR) is 76.5 cm³/mol. The van der Waals surface area contributed by atoms with Crippen LogP contribution in [-0.2, 0) is 9.47 Å². The number of hydrazine groups is 1. The molecule has 0 aliphatic heterocycles. The molecule has 0 bridgehead atoms. The highest BCUT2D eigenvalue weighted by Gasteiger charge is 2.18. The molecule has 0 aromatic heterocycles. The SMILES string of the molecule is COCCOCCC(NN)c1ccc(Br)c(Cl)c1F. The van der Waals surface area contributed by atoms with Crippen LogP contribution in [0.15, 0.2) is 16.6 Å². The van der Waals surface area contributed by atoms with Crippen LogP contribution < -0.4 is 11.3 Å². The van der Waals surface area contributed by atoms with Crippen molar-refractivity contribution in [1.82, 2.24) is 5.43 Å². The van der Waals surface area contributed by atoms with Gasteiger partial charge in [-0.15, -0.1) is 0 Å². The Hall–Kier alpha value is -0.240. The zero-order valence-electron chi connectivity index (χ0n) is 10.6. The molecule has 0 aliphatic carbocycles. The lowest BCUT2D eigenvalue weighted by Crippen LogP contribution is -2.30. The Bertz CT molecular complexity index is 410. The van der Waals surface area contributed by atoms with Gasteiger partial charge in [0.15, 0.2) is 0 Å². The Kier molecular flexibility index (Phi) is 7.82. The first-order valence-electron chi connectivity index (χ1n) is 5.78. The van der Waals surface area contributed by atoms with Crippen LogP contribution in [-0.4, -0.2) is 26.9 Å². The average Bonchev–Trinajstić information content (AvgIpc) is 2.41. The number of hydrogen-bond donors (Lipinski definition) is 2. The first kappa shape index (κ1) is 16.8. The summed E-state index contributed by atoms with van der Waals surface area (Å²) in [5.74, 6) is 4.97. The average molecular weight is 356 g/mol. The molecule has 4 nitrogen and oxygen atoms in total. The number of nitrogens with one attached hydrogen (secondary N) is 1. The van der Waals surface area contributed by atoms with E-state index in [1.165, 1.54) is 0 Å². The number of methoxy groups -OCH3 is 1. The Morgan fingerprint density at radius 2 is 2.16 bits per heavy atom. The van der Waals surface area contributed by atoms with E-state index >= 15 is 0 Å². The van der Waals surface area contributed by atoms with E-state index in [9.17, 15) is 4.39 Å². The highest BCUT2D eigenvalue weighted by molar-refractivity contribution is 9.10. The molecule has 7 heteroatoms. The summed E-state index contributed by atoms with van der Waals surface area (Å²) in [7, 11) is 1.60. The van der Waals surface area contributed by atoms with Crippen LogP contribution >= 0.6 is 27.5 Å². The lowest BCUT2D eigenvalue weighted by atomic mass is 10.0. The maximum atomic E-state index is 14.0. The fraction of sp³-hybridized carbons (Fsp3) is 0.500. The topological polar surface area (TPSA) is 56.5 Å². The van der Waals surface area contributed by atoms with Crippen LogP contribution in [0, 0.1) is 5.82 Å². The second-order valence-electron chi connectivity index (χ2n) is 3.88. The number of ether oxygens (including phenoxy) is 2. The van der Waals surface area contributed by atoms with E-state index in [2.05, 4.69) is 21.4 Å². The molecule has 0 saturated heterocycles. The van der Waals surface area contributed by atoms with Crippen molar-refractivity contribution in [2.45, 2.75) is 12.5 Å². The molecule has 0 fully saturated rings. The molecule has 0 amide bonds. The van der Waals surface area contributed by atoms with E-state index in [0.717, 1.165) is 0 Å². The van der Waals surface area contributed by atoms with E-state index in [1.807, 2.05) is 0 Å². The second-order valence-corrected chi connectivity index (χ2v) is 5.11. The fourth-order valence-corrected chi connectivity index (χ4v) is 2.06. The predicted octanol–water partition coefficient (Wildman–Crippen LogP) is 2.80. The molecule has 0 heterocycles. The van der Waals surface area contributed by atoms with Gasteiger partial charge < -0.3 is 9.47 Å². The van der Waals surface area contributed by atoms with Crippen molar-refractivity contribution >= 4 is 27.5 Å². The third-order valence-electron chi connectivity index (χ3n) is 2.62. The lowest BCUT2D eigenvalue weighted by Gasteiger charge is -2.18. The van der Waals surface area contributed by atoms with Gasteiger partial charge in [-0.25, -0.2) is 4.39 Å². The van der Waals surface area contributed by atoms with E-state index in [0.29, 0.717) is 36.3 Å². The molecule has 1 rings (SSSR count). The standard InChI is InChI=1S/C12H17BrClFN2O2/c1-18-6-7-19-5-4-10(17-16)8-2-3-9(13)11(14)12(8)15/h2-3,10,17H,4-7,16H2,1H3. The van der Waals surface area contributed by atoms with Gasteiger partial charge in [-0.1, -0.05) is 17.7 Å². The Morgan fingerprint density at radius 1 is 1.42 bits per heavy atom. The van der Waals surface area contributed by atoms with Gasteiger partial charge in [0.1, 0.15) is 5.82 Å². The molecule has 19 heavy (non-hydrogen) atoms. The molecule has 1 unspecified atom stereocenters. The summed E-state index contributed by atoms with van der Waals surface area (Å²) in [4.78, 5) is 0. The van der Waals surface area contributed by atoms with Crippen LogP contribution in [0.4, 0.5) is 4.39 Å². The van der Waals surface area contributed by atoms with Gasteiger partial charge >= 0.3 is 0 Å². The molecule has 0 aliphatic rings. The largest absolute Gasteiger partial charge is 0.382 e. The molecule has 108 valence electrons. The van der Waals surface area contributed by atoms with E-state index in [4.69, 9.17) is 26.9 Å². The Labute approximate surface area is 125 Å². The summed E-state index contributed by atoms with van der Waals surface area (Å²) >= 11 is 9.02.